The van der Waals surface area contributed by atoms with E-state index in [0.717, 1.165) is 10.6 Å². The van der Waals surface area contributed by atoms with Crippen molar-refractivity contribution in [1.29, 1.82) is 0 Å². The number of nitrogens with one attached hydrogen (secondary N) is 1. The van der Waals surface area contributed by atoms with Gasteiger partial charge in [0, 0.05) is 11.8 Å². The molecule has 1 atom stereocenters. The van der Waals surface area contributed by atoms with E-state index in [1.807, 2.05) is 0 Å². The zero-order chi connectivity index (χ0) is 12.8. The Hall–Kier alpha value is -1.73. The van der Waals surface area contributed by atoms with Crippen LogP contribution >= 0.6 is 0 Å². The minimum absolute atomic E-state index is 0.188. The van der Waals surface area contributed by atoms with Crippen molar-refractivity contribution in [1.82, 2.24) is 9.55 Å². The van der Waals surface area contributed by atoms with Gasteiger partial charge in [0.05, 0.1) is 12.9 Å². The quantitative estimate of drug-likeness (QED) is 0.742. The molecule has 7 heteroatoms. The molecule has 1 rings (SSSR count). The standard InChI is InChI=1S/C10H13FN2O4/c1-7-4-13(10(16)12-9(7)15)6-17-8(5-14)2-3-11/h2-4,8,14H,5-6H2,1H3,(H,12,15,16)/b3-2+/t8-/m0/s1. The third-order valence-corrected chi connectivity index (χ3v) is 2.08. The summed E-state index contributed by atoms with van der Waals surface area (Å²) in [5, 5.41) is 8.82. The Morgan fingerprint density at radius 1 is 1.65 bits per heavy atom. The molecule has 0 aromatic carbocycles. The molecule has 1 heterocycles. The number of aliphatic hydroxyl groups excluding tert-OH is 1. The van der Waals surface area contributed by atoms with Crippen LogP contribution in [-0.4, -0.2) is 27.4 Å². The molecule has 0 fully saturated rings. The predicted octanol–water partition coefficient (Wildman–Crippen LogP) is -0.337. The third-order valence-electron chi connectivity index (χ3n) is 2.08. The average molecular weight is 244 g/mol. The molecule has 0 aliphatic rings. The Morgan fingerprint density at radius 3 is 2.94 bits per heavy atom. The molecule has 0 amide bonds. The Morgan fingerprint density at radius 2 is 2.35 bits per heavy atom. The molecule has 94 valence electrons. The molecule has 0 aliphatic carbocycles. The van der Waals surface area contributed by atoms with E-state index in [1.54, 1.807) is 6.92 Å². The van der Waals surface area contributed by atoms with Gasteiger partial charge < -0.3 is 9.84 Å². The van der Waals surface area contributed by atoms with Crippen molar-refractivity contribution in [2.45, 2.75) is 19.8 Å². The van der Waals surface area contributed by atoms with E-state index >= 15 is 0 Å². The molecule has 0 saturated heterocycles. The van der Waals surface area contributed by atoms with Gasteiger partial charge in [-0.05, 0) is 13.0 Å². The van der Waals surface area contributed by atoms with Gasteiger partial charge >= 0.3 is 5.69 Å². The van der Waals surface area contributed by atoms with Crippen molar-refractivity contribution in [3.05, 3.63) is 45.0 Å². The van der Waals surface area contributed by atoms with Crippen LogP contribution in [0.1, 0.15) is 5.56 Å². The van der Waals surface area contributed by atoms with Gasteiger partial charge in [-0.3, -0.25) is 14.3 Å². The number of hydrogen-bond acceptors (Lipinski definition) is 4. The predicted molar refractivity (Wildman–Crippen MR) is 58.3 cm³/mol. The van der Waals surface area contributed by atoms with Crippen molar-refractivity contribution >= 4 is 0 Å². The smallest absolute Gasteiger partial charge is 0.330 e. The maximum atomic E-state index is 11.9. The summed E-state index contributed by atoms with van der Waals surface area (Å²) in [7, 11) is 0. The number of rotatable bonds is 5. The lowest BCUT2D eigenvalue weighted by atomic mass is 10.4. The van der Waals surface area contributed by atoms with E-state index in [1.165, 1.54) is 6.20 Å². The van der Waals surface area contributed by atoms with Crippen molar-refractivity contribution in [3.63, 3.8) is 0 Å². The molecule has 0 aliphatic heterocycles. The monoisotopic (exact) mass is 244 g/mol. The molecule has 0 spiro atoms. The largest absolute Gasteiger partial charge is 0.393 e. The van der Waals surface area contributed by atoms with Gasteiger partial charge in [0.25, 0.3) is 5.56 Å². The summed E-state index contributed by atoms with van der Waals surface area (Å²) in [6, 6.07) is 0. The molecule has 0 saturated carbocycles. The maximum Gasteiger partial charge on any atom is 0.330 e. The number of H-pyrrole nitrogens is 1. The number of ether oxygens (including phenoxy) is 1. The molecular formula is C10H13FN2O4. The normalized spacial score (nSPS) is 13.1. The van der Waals surface area contributed by atoms with E-state index in [2.05, 4.69) is 4.98 Å². The van der Waals surface area contributed by atoms with Crippen LogP contribution in [0.3, 0.4) is 0 Å². The lowest BCUT2D eigenvalue weighted by molar-refractivity contribution is 0.000629. The topological polar surface area (TPSA) is 84.3 Å². The van der Waals surface area contributed by atoms with Crippen LogP contribution < -0.4 is 11.2 Å². The first-order chi connectivity index (χ1) is 8.08. The molecule has 1 aromatic rings. The molecule has 17 heavy (non-hydrogen) atoms. The number of aromatic nitrogens is 2. The average Bonchev–Trinajstić information content (AvgIpc) is 2.30. The van der Waals surface area contributed by atoms with Crippen LogP contribution in [0.25, 0.3) is 0 Å². The van der Waals surface area contributed by atoms with Gasteiger partial charge in [-0.2, -0.15) is 0 Å². The van der Waals surface area contributed by atoms with E-state index in [4.69, 9.17) is 9.84 Å². The fourth-order valence-electron chi connectivity index (χ4n) is 1.14. The van der Waals surface area contributed by atoms with Crippen LogP contribution in [0.5, 0.6) is 0 Å². The van der Waals surface area contributed by atoms with Crippen LogP contribution in [-0.2, 0) is 11.5 Å². The van der Waals surface area contributed by atoms with Gasteiger partial charge in [-0.25, -0.2) is 9.18 Å². The molecule has 0 unspecified atom stereocenters. The van der Waals surface area contributed by atoms with Gasteiger partial charge in [0.15, 0.2) is 0 Å². The van der Waals surface area contributed by atoms with Crippen molar-refractivity contribution in [2.75, 3.05) is 6.61 Å². The number of nitrogens with zero attached hydrogens (tertiary/aromatic N) is 1. The highest BCUT2D eigenvalue weighted by atomic mass is 19.1. The van der Waals surface area contributed by atoms with Crippen LogP contribution in [0.4, 0.5) is 4.39 Å². The van der Waals surface area contributed by atoms with E-state index < -0.39 is 24.0 Å². The summed E-state index contributed by atoms with van der Waals surface area (Å²) in [6.07, 6.45) is 1.76. The highest BCUT2D eigenvalue weighted by Gasteiger charge is 2.05. The number of halogens is 1. The zero-order valence-corrected chi connectivity index (χ0v) is 9.22. The van der Waals surface area contributed by atoms with Crippen molar-refractivity contribution < 1.29 is 14.2 Å². The number of aryl methyl sites for hydroxylation is 1. The first-order valence-corrected chi connectivity index (χ1v) is 4.88. The van der Waals surface area contributed by atoms with Crippen LogP contribution in [0.2, 0.25) is 0 Å². The lowest BCUT2D eigenvalue weighted by Gasteiger charge is -2.12. The second-order valence-corrected chi connectivity index (χ2v) is 3.38. The highest BCUT2D eigenvalue weighted by Crippen LogP contribution is 1.96. The minimum Gasteiger partial charge on any atom is -0.393 e. The Balaban J connectivity index is 2.79. The number of aromatic amines is 1. The fraction of sp³-hybridized carbons (Fsp3) is 0.400. The van der Waals surface area contributed by atoms with Gasteiger partial charge in [0.1, 0.15) is 12.8 Å². The Bertz CT molecular complexity index is 506. The molecule has 2 N–H and O–H groups in total. The summed E-state index contributed by atoms with van der Waals surface area (Å²) >= 11 is 0. The third kappa shape index (κ3) is 3.65. The summed E-state index contributed by atoms with van der Waals surface area (Å²) < 4.78 is 18.0. The highest BCUT2D eigenvalue weighted by molar-refractivity contribution is 5.00. The van der Waals surface area contributed by atoms with E-state index in [0.29, 0.717) is 5.56 Å². The second kappa shape index (κ2) is 6.12. The first kappa shape index (κ1) is 13.3. The maximum absolute atomic E-state index is 11.9. The van der Waals surface area contributed by atoms with Crippen molar-refractivity contribution in [2.24, 2.45) is 0 Å². The fourth-order valence-corrected chi connectivity index (χ4v) is 1.14. The first-order valence-electron chi connectivity index (χ1n) is 4.88. The second-order valence-electron chi connectivity index (χ2n) is 3.38. The van der Waals surface area contributed by atoms with Crippen LogP contribution in [0.15, 0.2) is 28.2 Å². The lowest BCUT2D eigenvalue weighted by Crippen LogP contribution is -2.32. The minimum atomic E-state index is -0.834. The van der Waals surface area contributed by atoms with E-state index in [-0.39, 0.29) is 13.1 Å². The van der Waals surface area contributed by atoms with Gasteiger partial charge in [-0.1, -0.05) is 0 Å². The van der Waals surface area contributed by atoms with Crippen molar-refractivity contribution in [3.8, 4) is 0 Å². The van der Waals surface area contributed by atoms with Crippen LogP contribution in [0, 0.1) is 6.92 Å². The molecule has 0 radical (unpaired) electrons. The molecule has 1 aromatic heterocycles. The molecular weight excluding hydrogens is 231 g/mol. The molecule has 6 nitrogen and oxygen atoms in total. The Kier molecular flexibility index (Phi) is 4.80. The summed E-state index contributed by atoms with van der Waals surface area (Å²) in [6.45, 7) is 0.948. The van der Waals surface area contributed by atoms with Gasteiger partial charge in [0.2, 0.25) is 0 Å². The SMILES string of the molecule is Cc1cn(CO[C@@H](/C=C/F)CO)c(=O)[nH]c1=O. The number of aliphatic hydroxyl groups is 1. The zero-order valence-electron chi connectivity index (χ0n) is 9.22. The summed E-state index contributed by atoms with van der Waals surface area (Å²) in [5.41, 5.74) is -0.732. The Labute approximate surface area is 96.0 Å². The molecule has 0 bridgehead atoms. The van der Waals surface area contributed by atoms with Gasteiger partial charge in [-0.15, -0.1) is 0 Å². The summed E-state index contributed by atoms with van der Waals surface area (Å²) in [4.78, 5) is 24.5. The summed E-state index contributed by atoms with van der Waals surface area (Å²) in [5.74, 6) is 0. The number of hydrogen-bond donors (Lipinski definition) is 2. The van der Waals surface area contributed by atoms with E-state index in [9.17, 15) is 14.0 Å².